The maximum atomic E-state index is 10.2. The second kappa shape index (κ2) is 6.33. The van der Waals surface area contributed by atoms with Gasteiger partial charge in [0.2, 0.25) is 0 Å². The Morgan fingerprint density at radius 1 is 0.950 bits per heavy atom. The molecule has 4 heteroatoms. The molecule has 20 heavy (non-hydrogen) atoms. The third-order valence-electron chi connectivity index (χ3n) is 4.67. The summed E-state index contributed by atoms with van der Waals surface area (Å²) in [5.41, 5.74) is 1.25. The highest BCUT2D eigenvalue weighted by Crippen LogP contribution is 2.25. The van der Waals surface area contributed by atoms with E-state index in [1.54, 1.807) is 0 Å². The van der Waals surface area contributed by atoms with Gasteiger partial charge in [0, 0.05) is 42.9 Å². The number of rotatable bonds is 2. The van der Waals surface area contributed by atoms with Crippen molar-refractivity contribution in [2.45, 2.75) is 37.8 Å². The fourth-order valence-electron chi connectivity index (χ4n) is 3.48. The molecule has 2 aliphatic rings. The van der Waals surface area contributed by atoms with Crippen molar-refractivity contribution in [3.8, 4) is 0 Å². The Balaban J connectivity index is 1.57. The molecule has 1 aromatic rings. The van der Waals surface area contributed by atoms with E-state index in [4.69, 9.17) is 11.6 Å². The largest absolute Gasteiger partial charge is 0.391 e. The van der Waals surface area contributed by atoms with E-state index in [0.717, 1.165) is 44.0 Å². The van der Waals surface area contributed by atoms with E-state index in [9.17, 15) is 5.11 Å². The van der Waals surface area contributed by atoms with Gasteiger partial charge in [-0.05, 0) is 37.1 Å². The van der Waals surface area contributed by atoms with Crippen molar-refractivity contribution in [2.24, 2.45) is 0 Å². The first kappa shape index (κ1) is 14.2. The molecule has 0 radical (unpaired) electrons. The van der Waals surface area contributed by atoms with Crippen LogP contribution in [0.2, 0.25) is 5.02 Å². The minimum atomic E-state index is -0.120. The summed E-state index contributed by atoms with van der Waals surface area (Å²) in [6.07, 6.45) is 4.46. The molecule has 0 unspecified atom stereocenters. The Kier molecular flexibility index (Phi) is 4.49. The van der Waals surface area contributed by atoms with Gasteiger partial charge >= 0.3 is 0 Å². The highest BCUT2D eigenvalue weighted by atomic mass is 35.5. The zero-order valence-corrected chi connectivity index (χ0v) is 12.6. The van der Waals surface area contributed by atoms with Crippen LogP contribution in [-0.2, 0) is 0 Å². The Morgan fingerprint density at radius 3 is 2.25 bits per heavy atom. The minimum Gasteiger partial charge on any atom is -0.391 e. The topological polar surface area (TPSA) is 26.7 Å². The molecule has 2 atom stereocenters. The molecule has 1 saturated heterocycles. The average molecular weight is 295 g/mol. The molecule has 0 spiro atoms. The van der Waals surface area contributed by atoms with Gasteiger partial charge in [0.05, 0.1) is 6.10 Å². The van der Waals surface area contributed by atoms with Gasteiger partial charge in [-0.3, -0.25) is 4.90 Å². The van der Waals surface area contributed by atoms with Crippen LogP contribution in [0, 0.1) is 0 Å². The molecule has 3 nitrogen and oxygen atoms in total. The molecule has 1 N–H and O–H groups in total. The van der Waals surface area contributed by atoms with E-state index in [1.807, 2.05) is 12.1 Å². The molecule has 1 heterocycles. The summed E-state index contributed by atoms with van der Waals surface area (Å²) in [4.78, 5) is 4.89. The normalized spacial score (nSPS) is 28.6. The average Bonchev–Trinajstić information content (AvgIpc) is 2.49. The number of nitrogens with zero attached hydrogens (tertiary/aromatic N) is 2. The van der Waals surface area contributed by atoms with Crippen molar-refractivity contribution in [3.63, 3.8) is 0 Å². The predicted molar refractivity (Wildman–Crippen MR) is 83.5 cm³/mol. The van der Waals surface area contributed by atoms with Gasteiger partial charge < -0.3 is 10.0 Å². The van der Waals surface area contributed by atoms with Crippen molar-refractivity contribution in [1.29, 1.82) is 0 Å². The summed E-state index contributed by atoms with van der Waals surface area (Å²) < 4.78 is 0. The smallest absolute Gasteiger partial charge is 0.0695 e. The molecular weight excluding hydrogens is 272 g/mol. The fourth-order valence-corrected chi connectivity index (χ4v) is 3.61. The van der Waals surface area contributed by atoms with E-state index >= 15 is 0 Å². The summed E-state index contributed by atoms with van der Waals surface area (Å²) >= 11 is 5.94. The molecule has 1 aliphatic carbocycles. The molecule has 110 valence electrons. The van der Waals surface area contributed by atoms with Gasteiger partial charge in [-0.15, -0.1) is 0 Å². The molecule has 2 fully saturated rings. The summed E-state index contributed by atoms with van der Waals surface area (Å²) in [6, 6.07) is 8.47. The van der Waals surface area contributed by atoms with E-state index < -0.39 is 0 Å². The zero-order valence-electron chi connectivity index (χ0n) is 11.8. The molecular formula is C16H23ClN2O. The van der Waals surface area contributed by atoms with E-state index in [2.05, 4.69) is 21.9 Å². The molecule has 1 saturated carbocycles. The van der Waals surface area contributed by atoms with E-state index in [1.165, 1.54) is 18.5 Å². The summed E-state index contributed by atoms with van der Waals surface area (Å²) in [5.74, 6) is 0. The lowest BCUT2D eigenvalue weighted by molar-refractivity contribution is 0.0173. The highest BCUT2D eigenvalue weighted by Gasteiger charge is 2.30. The number of anilines is 1. The maximum absolute atomic E-state index is 10.2. The first-order valence-electron chi connectivity index (χ1n) is 7.67. The van der Waals surface area contributed by atoms with Gasteiger partial charge in [-0.25, -0.2) is 0 Å². The summed E-state index contributed by atoms with van der Waals surface area (Å²) in [7, 11) is 0. The zero-order chi connectivity index (χ0) is 13.9. The molecule has 0 aromatic heterocycles. The van der Waals surface area contributed by atoms with Crippen molar-refractivity contribution in [3.05, 3.63) is 29.3 Å². The molecule has 3 rings (SSSR count). The van der Waals surface area contributed by atoms with Crippen LogP contribution in [0.4, 0.5) is 5.69 Å². The molecule has 1 aliphatic heterocycles. The third-order valence-corrected chi connectivity index (χ3v) is 4.92. The van der Waals surface area contributed by atoms with Crippen LogP contribution < -0.4 is 4.90 Å². The van der Waals surface area contributed by atoms with Crippen molar-refractivity contribution < 1.29 is 5.11 Å². The van der Waals surface area contributed by atoms with Crippen LogP contribution in [0.3, 0.4) is 0 Å². The molecule has 1 aromatic carbocycles. The second-order valence-electron chi connectivity index (χ2n) is 5.92. The number of piperazine rings is 1. The quantitative estimate of drug-likeness (QED) is 0.908. The van der Waals surface area contributed by atoms with E-state index in [0.29, 0.717) is 6.04 Å². The van der Waals surface area contributed by atoms with E-state index in [-0.39, 0.29) is 6.10 Å². The second-order valence-corrected chi connectivity index (χ2v) is 6.36. The lowest BCUT2D eigenvalue weighted by Gasteiger charge is -2.43. The summed E-state index contributed by atoms with van der Waals surface area (Å²) in [6.45, 7) is 4.16. The van der Waals surface area contributed by atoms with Crippen molar-refractivity contribution >= 4 is 17.3 Å². The lowest BCUT2D eigenvalue weighted by Crippen LogP contribution is -2.54. The number of aliphatic hydroxyl groups is 1. The first-order chi connectivity index (χ1) is 9.74. The van der Waals surface area contributed by atoms with Crippen LogP contribution in [0.25, 0.3) is 0 Å². The van der Waals surface area contributed by atoms with Crippen LogP contribution in [0.1, 0.15) is 25.7 Å². The SMILES string of the molecule is O[C@H]1CCCC[C@@H]1N1CCN(c2ccc(Cl)cc2)CC1. The third kappa shape index (κ3) is 3.11. The molecule has 0 amide bonds. The van der Waals surface area contributed by atoms with Crippen molar-refractivity contribution in [2.75, 3.05) is 31.1 Å². The fraction of sp³-hybridized carbons (Fsp3) is 0.625. The van der Waals surface area contributed by atoms with Crippen LogP contribution in [0.5, 0.6) is 0 Å². The van der Waals surface area contributed by atoms with Crippen molar-refractivity contribution in [1.82, 2.24) is 4.90 Å². The highest BCUT2D eigenvalue weighted by molar-refractivity contribution is 6.30. The molecule has 0 bridgehead atoms. The number of hydrogen-bond donors (Lipinski definition) is 1. The van der Waals surface area contributed by atoms with Crippen LogP contribution in [0.15, 0.2) is 24.3 Å². The predicted octanol–water partition coefficient (Wildman–Crippen LogP) is 2.77. The number of benzene rings is 1. The first-order valence-corrected chi connectivity index (χ1v) is 8.04. The summed E-state index contributed by atoms with van der Waals surface area (Å²) in [5, 5.41) is 11.0. The maximum Gasteiger partial charge on any atom is 0.0695 e. The standard InChI is InChI=1S/C16H23ClN2O/c17-13-5-7-14(8-6-13)18-9-11-19(12-10-18)15-3-1-2-4-16(15)20/h5-8,15-16,20H,1-4,9-12H2/t15-,16-/m0/s1. The Labute approximate surface area is 126 Å². The van der Waals surface area contributed by atoms with Crippen LogP contribution in [-0.4, -0.2) is 48.3 Å². The monoisotopic (exact) mass is 294 g/mol. The Morgan fingerprint density at radius 2 is 1.60 bits per heavy atom. The van der Waals surface area contributed by atoms with Gasteiger partial charge in [0.1, 0.15) is 0 Å². The van der Waals surface area contributed by atoms with Crippen LogP contribution >= 0.6 is 11.6 Å². The van der Waals surface area contributed by atoms with Gasteiger partial charge in [-0.1, -0.05) is 24.4 Å². The number of hydrogen-bond acceptors (Lipinski definition) is 3. The Hall–Kier alpha value is -0.770. The number of halogens is 1. The van der Waals surface area contributed by atoms with Gasteiger partial charge in [-0.2, -0.15) is 0 Å². The van der Waals surface area contributed by atoms with Gasteiger partial charge in [0.25, 0.3) is 0 Å². The van der Waals surface area contributed by atoms with Gasteiger partial charge in [0.15, 0.2) is 0 Å². The lowest BCUT2D eigenvalue weighted by atomic mass is 9.91. The minimum absolute atomic E-state index is 0.120. The number of aliphatic hydroxyl groups excluding tert-OH is 1. The Bertz CT molecular complexity index is 429.